The molecule has 1 unspecified atom stereocenters. The van der Waals surface area contributed by atoms with Gasteiger partial charge in [0.25, 0.3) is 0 Å². The summed E-state index contributed by atoms with van der Waals surface area (Å²) in [4.78, 5) is 0. The normalized spacial score (nSPS) is 23.9. The van der Waals surface area contributed by atoms with Crippen molar-refractivity contribution in [2.45, 2.75) is 12.8 Å². The number of halogens is 1. The van der Waals surface area contributed by atoms with Crippen molar-refractivity contribution in [2.24, 2.45) is 5.41 Å². The van der Waals surface area contributed by atoms with Gasteiger partial charge in [-0.3, -0.25) is 0 Å². The largest absolute Gasteiger partial charge is 0.496 e. The van der Waals surface area contributed by atoms with Gasteiger partial charge in [0.15, 0.2) is 0 Å². The summed E-state index contributed by atoms with van der Waals surface area (Å²) in [5, 5.41) is 9.58. The molecule has 2 rings (SSSR count). The molecule has 0 bridgehead atoms. The molecule has 0 aromatic heterocycles. The summed E-state index contributed by atoms with van der Waals surface area (Å²) in [5.74, 6) is 0.868. The van der Waals surface area contributed by atoms with Crippen molar-refractivity contribution in [2.75, 3.05) is 26.9 Å². The Bertz CT molecular complexity index is 386. The van der Waals surface area contributed by atoms with Gasteiger partial charge < -0.3 is 14.6 Å². The lowest BCUT2D eigenvalue weighted by Crippen LogP contribution is -2.28. The number of aliphatic hydroxyl groups excluding tert-OH is 1. The molecule has 3 nitrogen and oxygen atoms in total. The highest BCUT2D eigenvalue weighted by atomic mass is 79.9. The molecule has 94 valence electrons. The number of ether oxygens (including phenoxy) is 2. The molecule has 4 heteroatoms. The second-order valence-corrected chi connectivity index (χ2v) is 5.51. The topological polar surface area (TPSA) is 38.7 Å². The predicted molar refractivity (Wildman–Crippen MR) is 69.4 cm³/mol. The molecule has 1 aliphatic heterocycles. The molecule has 1 heterocycles. The minimum atomic E-state index is -0.145. The first-order valence-electron chi connectivity index (χ1n) is 5.70. The summed E-state index contributed by atoms with van der Waals surface area (Å²) in [7, 11) is 1.67. The van der Waals surface area contributed by atoms with E-state index in [2.05, 4.69) is 22.0 Å². The molecule has 1 N–H and O–H groups in total. The van der Waals surface area contributed by atoms with E-state index >= 15 is 0 Å². The third-order valence-corrected chi connectivity index (χ3v) is 3.82. The molecule has 1 atom stereocenters. The van der Waals surface area contributed by atoms with Crippen LogP contribution >= 0.6 is 15.9 Å². The monoisotopic (exact) mass is 300 g/mol. The second-order valence-electron chi connectivity index (χ2n) is 4.59. The molecule has 1 aromatic carbocycles. The summed E-state index contributed by atoms with van der Waals surface area (Å²) < 4.78 is 11.8. The van der Waals surface area contributed by atoms with Crippen LogP contribution in [-0.2, 0) is 11.2 Å². The molecule has 0 aliphatic carbocycles. The fourth-order valence-electron chi connectivity index (χ4n) is 2.26. The average Bonchev–Trinajstić information content (AvgIpc) is 2.79. The van der Waals surface area contributed by atoms with E-state index in [1.54, 1.807) is 7.11 Å². The van der Waals surface area contributed by atoms with Crippen molar-refractivity contribution in [3.05, 3.63) is 28.2 Å². The zero-order valence-corrected chi connectivity index (χ0v) is 11.5. The van der Waals surface area contributed by atoms with Crippen molar-refractivity contribution in [1.82, 2.24) is 0 Å². The van der Waals surface area contributed by atoms with E-state index in [1.165, 1.54) is 0 Å². The highest BCUT2D eigenvalue weighted by Gasteiger charge is 2.35. The maximum Gasteiger partial charge on any atom is 0.122 e. The molecule has 1 fully saturated rings. The molecule has 17 heavy (non-hydrogen) atoms. The second kappa shape index (κ2) is 5.38. The molecule has 1 saturated heterocycles. The van der Waals surface area contributed by atoms with Crippen molar-refractivity contribution < 1.29 is 14.6 Å². The van der Waals surface area contributed by atoms with Gasteiger partial charge >= 0.3 is 0 Å². The van der Waals surface area contributed by atoms with Gasteiger partial charge in [0.05, 0.1) is 20.3 Å². The molecule has 0 amide bonds. The van der Waals surface area contributed by atoms with Gasteiger partial charge in [-0.1, -0.05) is 15.9 Å². The van der Waals surface area contributed by atoms with Gasteiger partial charge in [-0.25, -0.2) is 0 Å². The van der Waals surface area contributed by atoms with E-state index in [0.717, 1.165) is 35.2 Å². The van der Waals surface area contributed by atoms with Crippen molar-refractivity contribution in [3.8, 4) is 5.75 Å². The number of rotatable bonds is 4. The van der Waals surface area contributed by atoms with Crippen LogP contribution in [0.3, 0.4) is 0 Å². The number of aliphatic hydroxyl groups is 1. The van der Waals surface area contributed by atoms with E-state index in [-0.39, 0.29) is 12.0 Å². The molecular weight excluding hydrogens is 284 g/mol. The molecule has 1 aliphatic rings. The Morgan fingerprint density at radius 3 is 2.94 bits per heavy atom. The van der Waals surface area contributed by atoms with Crippen LogP contribution in [0.25, 0.3) is 0 Å². The first kappa shape index (κ1) is 12.9. The minimum absolute atomic E-state index is 0.145. The number of hydrogen-bond donors (Lipinski definition) is 1. The van der Waals surface area contributed by atoms with Crippen molar-refractivity contribution in [3.63, 3.8) is 0 Å². The van der Waals surface area contributed by atoms with Gasteiger partial charge in [0.2, 0.25) is 0 Å². The Hall–Kier alpha value is -0.580. The number of hydrogen-bond acceptors (Lipinski definition) is 3. The maximum absolute atomic E-state index is 9.58. The Balaban J connectivity index is 2.24. The lowest BCUT2D eigenvalue weighted by molar-refractivity contribution is 0.0930. The predicted octanol–water partition coefficient (Wildman–Crippen LogP) is 2.40. The molecule has 0 saturated carbocycles. The van der Waals surface area contributed by atoms with Gasteiger partial charge in [-0.2, -0.15) is 0 Å². The lowest BCUT2D eigenvalue weighted by Gasteiger charge is -2.25. The SMILES string of the molecule is COc1ccc(Br)cc1CC1(CO)CCOC1. The van der Waals surface area contributed by atoms with Crippen LogP contribution < -0.4 is 4.74 Å². The summed E-state index contributed by atoms with van der Waals surface area (Å²) >= 11 is 3.47. The van der Waals surface area contributed by atoms with Crippen molar-refractivity contribution in [1.29, 1.82) is 0 Å². The standard InChI is InChI=1S/C13H17BrO3/c1-16-12-3-2-11(14)6-10(12)7-13(8-15)4-5-17-9-13/h2-3,6,15H,4-5,7-9H2,1H3. The number of benzene rings is 1. The highest BCUT2D eigenvalue weighted by Crippen LogP contribution is 2.35. The van der Waals surface area contributed by atoms with Crippen LogP contribution in [0.1, 0.15) is 12.0 Å². The quantitative estimate of drug-likeness (QED) is 0.928. The zero-order valence-electron chi connectivity index (χ0n) is 9.91. The van der Waals surface area contributed by atoms with E-state index < -0.39 is 0 Å². The van der Waals surface area contributed by atoms with Crippen molar-refractivity contribution >= 4 is 15.9 Å². The Kier molecular flexibility index (Phi) is 4.07. The summed E-state index contributed by atoms with van der Waals surface area (Å²) in [6, 6.07) is 5.95. The van der Waals surface area contributed by atoms with Crippen LogP contribution in [0.2, 0.25) is 0 Å². The molecular formula is C13H17BrO3. The Labute approximate surface area is 110 Å². The molecule has 1 aromatic rings. The van der Waals surface area contributed by atoms with Gasteiger partial charge in [-0.15, -0.1) is 0 Å². The Morgan fingerprint density at radius 2 is 2.35 bits per heavy atom. The van der Waals surface area contributed by atoms with Crippen LogP contribution in [0.5, 0.6) is 5.75 Å². The summed E-state index contributed by atoms with van der Waals surface area (Å²) in [6.45, 7) is 1.51. The van der Waals surface area contributed by atoms with Crippen LogP contribution in [-0.4, -0.2) is 32.0 Å². The third kappa shape index (κ3) is 2.81. The highest BCUT2D eigenvalue weighted by molar-refractivity contribution is 9.10. The number of methoxy groups -OCH3 is 1. The van der Waals surface area contributed by atoms with E-state index in [1.807, 2.05) is 12.1 Å². The van der Waals surface area contributed by atoms with Gasteiger partial charge in [0, 0.05) is 16.5 Å². The van der Waals surface area contributed by atoms with Crippen LogP contribution in [0, 0.1) is 5.41 Å². The molecule has 0 radical (unpaired) electrons. The Morgan fingerprint density at radius 1 is 1.53 bits per heavy atom. The first-order valence-corrected chi connectivity index (χ1v) is 6.49. The van der Waals surface area contributed by atoms with Gasteiger partial charge in [0.1, 0.15) is 5.75 Å². The third-order valence-electron chi connectivity index (χ3n) is 3.33. The fraction of sp³-hybridized carbons (Fsp3) is 0.538. The van der Waals surface area contributed by atoms with E-state index in [0.29, 0.717) is 6.61 Å². The smallest absolute Gasteiger partial charge is 0.122 e. The summed E-state index contributed by atoms with van der Waals surface area (Å²) in [6.07, 6.45) is 1.69. The van der Waals surface area contributed by atoms with Gasteiger partial charge in [-0.05, 0) is 36.6 Å². The van der Waals surface area contributed by atoms with E-state index in [9.17, 15) is 5.11 Å². The zero-order chi connectivity index (χ0) is 12.3. The average molecular weight is 301 g/mol. The van der Waals surface area contributed by atoms with Crippen LogP contribution in [0.4, 0.5) is 0 Å². The fourth-order valence-corrected chi connectivity index (χ4v) is 2.67. The molecule has 0 spiro atoms. The lowest BCUT2D eigenvalue weighted by atomic mass is 9.81. The minimum Gasteiger partial charge on any atom is -0.496 e. The van der Waals surface area contributed by atoms with E-state index in [4.69, 9.17) is 9.47 Å². The van der Waals surface area contributed by atoms with Crippen LogP contribution in [0.15, 0.2) is 22.7 Å². The first-order chi connectivity index (χ1) is 8.19. The maximum atomic E-state index is 9.58. The summed E-state index contributed by atoms with van der Waals surface area (Å²) in [5.41, 5.74) is 0.968.